The Morgan fingerprint density at radius 2 is 1.78 bits per heavy atom. The molecule has 2 heterocycles. The first-order valence-electron chi connectivity index (χ1n) is 5.80. The van der Waals surface area contributed by atoms with Crippen LogP contribution in [0.4, 0.5) is 5.69 Å². The Bertz CT molecular complexity index is 710. The minimum Gasteiger partial charge on any atom is -0.396 e. The summed E-state index contributed by atoms with van der Waals surface area (Å²) in [6, 6.07) is 8.26. The highest BCUT2D eigenvalue weighted by atomic mass is 15.0. The number of benzene rings is 1. The van der Waals surface area contributed by atoms with Crippen LogP contribution in [0.1, 0.15) is 5.69 Å². The zero-order valence-corrected chi connectivity index (χ0v) is 10.4. The van der Waals surface area contributed by atoms with Gasteiger partial charge in [-0.3, -0.25) is 0 Å². The largest absolute Gasteiger partial charge is 0.396 e. The Morgan fingerprint density at radius 3 is 2.50 bits per heavy atom. The summed E-state index contributed by atoms with van der Waals surface area (Å²) < 4.78 is 2.16. The Kier molecular flexibility index (Phi) is 2.30. The molecular weight excluding hydrogens is 224 g/mol. The lowest BCUT2D eigenvalue weighted by molar-refractivity contribution is 0.917. The van der Waals surface area contributed by atoms with Crippen LogP contribution in [-0.2, 0) is 7.05 Å². The maximum atomic E-state index is 5.63. The van der Waals surface area contributed by atoms with Crippen molar-refractivity contribution in [3.8, 4) is 11.4 Å². The Balaban J connectivity index is 2.35. The van der Waals surface area contributed by atoms with E-state index in [-0.39, 0.29) is 0 Å². The number of rotatable bonds is 1. The predicted molar refractivity (Wildman–Crippen MR) is 73.1 cm³/mol. The quantitative estimate of drug-likeness (QED) is 0.708. The Morgan fingerprint density at radius 1 is 1.11 bits per heavy atom. The van der Waals surface area contributed by atoms with Gasteiger partial charge < -0.3 is 10.3 Å². The molecule has 2 N–H and O–H groups in total. The summed E-state index contributed by atoms with van der Waals surface area (Å²) in [7, 11) is 2.05. The molecule has 0 amide bonds. The maximum Gasteiger partial charge on any atom is 0.161 e. The van der Waals surface area contributed by atoms with Gasteiger partial charge in [0, 0.05) is 29.2 Å². The fraction of sp³-hybridized carbons (Fsp3) is 0.143. The van der Waals surface area contributed by atoms with Gasteiger partial charge in [-0.05, 0) is 13.0 Å². The van der Waals surface area contributed by atoms with E-state index in [4.69, 9.17) is 5.73 Å². The summed E-state index contributed by atoms with van der Waals surface area (Å²) in [6.07, 6.45) is 3.28. The van der Waals surface area contributed by atoms with Crippen LogP contribution in [0.25, 0.3) is 22.3 Å². The highest BCUT2D eigenvalue weighted by molar-refractivity contribution is 5.96. The molecule has 0 radical (unpaired) electrons. The van der Waals surface area contributed by atoms with E-state index in [2.05, 4.69) is 40.6 Å². The second kappa shape index (κ2) is 3.84. The van der Waals surface area contributed by atoms with E-state index in [0.29, 0.717) is 5.69 Å². The summed E-state index contributed by atoms with van der Waals surface area (Å²) >= 11 is 0. The van der Waals surface area contributed by atoms with Gasteiger partial charge in [-0.15, -0.1) is 0 Å². The van der Waals surface area contributed by atoms with Crippen LogP contribution in [0.5, 0.6) is 0 Å². The fourth-order valence-electron chi connectivity index (χ4n) is 2.27. The molecule has 4 heteroatoms. The molecule has 0 saturated heterocycles. The van der Waals surface area contributed by atoms with Gasteiger partial charge in [0.2, 0.25) is 0 Å². The molecule has 0 aliphatic rings. The van der Waals surface area contributed by atoms with Gasteiger partial charge in [0.15, 0.2) is 5.82 Å². The van der Waals surface area contributed by atoms with Crippen molar-refractivity contribution in [2.45, 2.75) is 6.92 Å². The number of hydrogen-bond donors (Lipinski definition) is 1. The Labute approximate surface area is 105 Å². The normalized spacial score (nSPS) is 11.0. The van der Waals surface area contributed by atoms with Crippen LogP contribution in [0, 0.1) is 6.92 Å². The first kappa shape index (κ1) is 10.8. The highest BCUT2D eigenvalue weighted by Gasteiger charge is 2.14. The van der Waals surface area contributed by atoms with Gasteiger partial charge in [0.05, 0.1) is 18.1 Å². The van der Waals surface area contributed by atoms with Crippen LogP contribution in [0.15, 0.2) is 36.7 Å². The van der Waals surface area contributed by atoms with Gasteiger partial charge in [0.1, 0.15) is 0 Å². The minimum absolute atomic E-state index is 0.580. The summed E-state index contributed by atoms with van der Waals surface area (Å²) in [5.74, 6) is 0.721. The van der Waals surface area contributed by atoms with E-state index >= 15 is 0 Å². The van der Waals surface area contributed by atoms with Crippen LogP contribution < -0.4 is 5.73 Å². The molecule has 0 spiro atoms. The first-order chi connectivity index (χ1) is 8.68. The number of nitrogen functional groups attached to an aromatic ring is 1. The molecule has 2 aromatic heterocycles. The van der Waals surface area contributed by atoms with E-state index in [9.17, 15) is 0 Å². The molecule has 4 nitrogen and oxygen atoms in total. The highest BCUT2D eigenvalue weighted by Crippen LogP contribution is 2.31. The third kappa shape index (κ3) is 1.46. The standard InChI is InChI=1S/C14H14N4/c1-9-13(14-16-7-10(15)8-17-14)11-5-3-4-6-12(11)18(9)2/h3-8H,15H2,1-2H3. The zero-order valence-electron chi connectivity index (χ0n) is 10.4. The lowest BCUT2D eigenvalue weighted by atomic mass is 10.1. The van der Waals surface area contributed by atoms with Crippen LogP contribution in [0.2, 0.25) is 0 Å². The summed E-state index contributed by atoms with van der Waals surface area (Å²) in [4.78, 5) is 8.65. The van der Waals surface area contributed by atoms with Crippen molar-refractivity contribution in [2.75, 3.05) is 5.73 Å². The third-order valence-corrected chi connectivity index (χ3v) is 3.30. The first-order valence-corrected chi connectivity index (χ1v) is 5.80. The van der Waals surface area contributed by atoms with Crippen molar-refractivity contribution in [3.05, 3.63) is 42.4 Å². The number of hydrogen-bond acceptors (Lipinski definition) is 3. The van der Waals surface area contributed by atoms with E-state index in [1.165, 1.54) is 10.9 Å². The van der Waals surface area contributed by atoms with Crippen LogP contribution in [-0.4, -0.2) is 14.5 Å². The molecule has 0 unspecified atom stereocenters. The molecule has 3 aromatic rings. The average Bonchev–Trinajstić information content (AvgIpc) is 2.64. The maximum absolute atomic E-state index is 5.63. The number of anilines is 1. The fourth-order valence-corrected chi connectivity index (χ4v) is 2.27. The third-order valence-electron chi connectivity index (χ3n) is 3.30. The number of aryl methyl sites for hydroxylation is 1. The van der Waals surface area contributed by atoms with Crippen molar-refractivity contribution >= 4 is 16.6 Å². The molecule has 0 aliphatic heterocycles. The number of nitrogens with zero attached hydrogens (tertiary/aromatic N) is 3. The number of nitrogens with two attached hydrogens (primary N) is 1. The SMILES string of the molecule is Cc1c(-c2ncc(N)cn2)c2ccccc2n1C. The molecule has 1 aromatic carbocycles. The van der Waals surface area contributed by atoms with Crippen molar-refractivity contribution in [3.63, 3.8) is 0 Å². The minimum atomic E-state index is 0.580. The lowest BCUT2D eigenvalue weighted by Crippen LogP contribution is -1.94. The number of para-hydroxylation sites is 1. The van der Waals surface area contributed by atoms with E-state index in [1.807, 2.05) is 12.1 Å². The second-order valence-corrected chi connectivity index (χ2v) is 4.38. The van der Waals surface area contributed by atoms with Gasteiger partial charge in [0.25, 0.3) is 0 Å². The van der Waals surface area contributed by atoms with Crippen molar-refractivity contribution in [1.29, 1.82) is 0 Å². The lowest BCUT2D eigenvalue weighted by Gasteiger charge is -2.01. The van der Waals surface area contributed by atoms with Crippen molar-refractivity contribution < 1.29 is 0 Å². The monoisotopic (exact) mass is 238 g/mol. The second-order valence-electron chi connectivity index (χ2n) is 4.38. The number of aromatic nitrogens is 3. The zero-order chi connectivity index (χ0) is 12.7. The van der Waals surface area contributed by atoms with Crippen molar-refractivity contribution in [2.24, 2.45) is 7.05 Å². The molecule has 0 bridgehead atoms. The van der Waals surface area contributed by atoms with E-state index in [1.54, 1.807) is 12.4 Å². The molecule has 3 rings (SSSR count). The molecule has 18 heavy (non-hydrogen) atoms. The topological polar surface area (TPSA) is 56.7 Å². The van der Waals surface area contributed by atoms with Gasteiger partial charge >= 0.3 is 0 Å². The smallest absolute Gasteiger partial charge is 0.161 e. The van der Waals surface area contributed by atoms with Gasteiger partial charge in [-0.2, -0.15) is 0 Å². The van der Waals surface area contributed by atoms with E-state index < -0.39 is 0 Å². The van der Waals surface area contributed by atoms with Gasteiger partial charge in [-0.25, -0.2) is 9.97 Å². The molecule has 0 fully saturated rings. The van der Waals surface area contributed by atoms with Crippen LogP contribution >= 0.6 is 0 Å². The molecule has 0 atom stereocenters. The van der Waals surface area contributed by atoms with Crippen molar-refractivity contribution in [1.82, 2.24) is 14.5 Å². The van der Waals surface area contributed by atoms with E-state index in [0.717, 1.165) is 17.1 Å². The Hall–Kier alpha value is -2.36. The summed E-state index contributed by atoms with van der Waals surface area (Å²) in [6.45, 7) is 2.08. The molecule has 0 saturated carbocycles. The molecule has 0 aliphatic carbocycles. The predicted octanol–water partition coefficient (Wildman–Crippen LogP) is 2.53. The van der Waals surface area contributed by atoms with Crippen LogP contribution in [0.3, 0.4) is 0 Å². The summed E-state index contributed by atoms with van der Waals surface area (Å²) in [5.41, 5.74) is 9.63. The number of fused-ring (bicyclic) bond motifs is 1. The molecule has 90 valence electrons. The van der Waals surface area contributed by atoms with Gasteiger partial charge in [-0.1, -0.05) is 18.2 Å². The summed E-state index contributed by atoms with van der Waals surface area (Å²) in [5, 5.41) is 1.17. The average molecular weight is 238 g/mol. The molecular formula is C14H14N4.